The van der Waals surface area contributed by atoms with Crippen LogP contribution in [0.2, 0.25) is 0 Å². The van der Waals surface area contributed by atoms with Crippen LogP contribution in [0.1, 0.15) is 11.1 Å². The zero-order chi connectivity index (χ0) is 23.7. The number of halogens is 1. The van der Waals surface area contributed by atoms with Crippen LogP contribution < -0.4 is 0 Å². The van der Waals surface area contributed by atoms with Gasteiger partial charge in [0, 0.05) is 20.6 Å². The molecule has 0 amide bonds. The molecule has 0 saturated carbocycles. The van der Waals surface area contributed by atoms with Crippen molar-refractivity contribution in [2.24, 2.45) is 0 Å². The Hall–Kier alpha value is -3.06. The molecule has 0 aliphatic heterocycles. The summed E-state index contributed by atoms with van der Waals surface area (Å²) in [5.74, 6) is 0.348. The van der Waals surface area contributed by atoms with Crippen LogP contribution in [0.4, 0.5) is 4.39 Å². The topological polar surface area (TPSA) is 65.0 Å². The van der Waals surface area contributed by atoms with Gasteiger partial charge in [-0.15, -0.1) is 0 Å². The van der Waals surface area contributed by atoms with Crippen molar-refractivity contribution in [2.45, 2.75) is 12.0 Å². The van der Waals surface area contributed by atoms with E-state index in [0.29, 0.717) is 25.1 Å². The number of aldehydes is 1. The summed E-state index contributed by atoms with van der Waals surface area (Å²) in [7, 11) is 3.12. The van der Waals surface area contributed by atoms with Crippen molar-refractivity contribution >= 4 is 6.29 Å². The lowest BCUT2D eigenvalue weighted by molar-refractivity contribution is -0.104. The smallest absolute Gasteiger partial charge is 0.142 e. The van der Waals surface area contributed by atoms with E-state index in [1.165, 1.54) is 18.2 Å². The molecule has 0 unspecified atom stereocenters. The van der Waals surface area contributed by atoms with Gasteiger partial charge in [0.2, 0.25) is 0 Å². The summed E-state index contributed by atoms with van der Waals surface area (Å²) in [6.45, 7) is 4.54. The fourth-order valence-electron chi connectivity index (χ4n) is 2.74. The number of allylic oxidation sites excluding steroid dienone is 4. The van der Waals surface area contributed by atoms with E-state index in [1.54, 1.807) is 44.6 Å². The number of ether oxygens (including phenoxy) is 3. The second-order valence-electron chi connectivity index (χ2n) is 6.78. The van der Waals surface area contributed by atoms with Crippen molar-refractivity contribution in [3.8, 4) is 0 Å². The molecule has 172 valence electrons. The van der Waals surface area contributed by atoms with Gasteiger partial charge in [0.15, 0.2) is 0 Å². The Morgan fingerprint density at radius 3 is 2.19 bits per heavy atom. The van der Waals surface area contributed by atoms with Crippen molar-refractivity contribution in [3.05, 3.63) is 108 Å². The molecule has 6 heteroatoms. The minimum absolute atomic E-state index is 0.227. The zero-order valence-electron chi connectivity index (χ0n) is 18.6. The molecule has 32 heavy (non-hydrogen) atoms. The van der Waals surface area contributed by atoms with E-state index in [1.807, 2.05) is 30.3 Å². The van der Waals surface area contributed by atoms with Gasteiger partial charge in [-0.2, -0.15) is 0 Å². The highest BCUT2D eigenvalue weighted by Crippen LogP contribution is 2.21. The Morgan fingerprint density at radius 2 is 1.66 bits per heavy atom. The summed E-state index contributed by atoms with van der Waals surface area (Å²) in [4.78, 5) is 10.1. The highest BCUT2D eigenvalue weighted by molar-refractivity contribution is 5.65. The van der Waals surface area contributed by atoms with Crippen LogP contribution in [0.15, 0.2) is 91.2 Å². The van der Waals surface area contributed by atoms with Crippen molar-refractivity contribution < 1.29 is 28.5 Å². The quantitative estimate of drug-likeness (QED) is 0.229. The summed E-state index contributed by atoms with van der Waals surface area (Å²) in [6, 6.07) is 15.7. The summed E-state index contributed by atoms with van der Waals surface area (Å²) in [6.07, 6.45) is 7.55. The molecule has 0 atom stereocenters. The number of carbonyl (C=O) groups excluding carboxylic acids is 1. The van der Waals surface area contributed by atoms with Gasteiger partial charge in [0.05, 0.1) is 19.8 Å². The fourth-order valence-corrected chi connectivity index (χ4v) is 2.74. The average molecular weight is 443 g/mol. The summed E-state index contributed by atoms with van der Waals surface area (Å²) >= 11 is 0. The maximum atomic E-state index is 12.7. The number of carbonyl (C=O) groups is 1. The first-order valence-corrected chi connectivity index (χ1v) is 10.1. The van der Waals surface area contributed by atoms with Gasteiger partial charge >= 0.3 is 0 Å². The first kappa shape index (κ1) is 27.0. The minimum Gasteiger partial charge on any atom is -0.493 e. The largest absolute Gasteiger partial charge is 0.493 e. The van der Waals surface area contributed by atoms with Gasteiger partial charge in [-0.1, -0.05) is 55.1 Å². The molecule has 0 aliphatic carbocycles. The molecule has 0 radical (unpaired) electrons. The molecule has 2 aromatic rings. The average Bonchev–Trinajstić information content (AvgIpc) is 2.81. The van der Waals surface area contributed by atoms with E-state index in [2.05, 4.69) is 6.58 Å². The van der Waals surface area contributed by atoms with Gasteiger partial charge in [-0.05, 0) is 41.5 Å². The van der Waals surface area contributed by atoms with Gasteiger partial charge in [-0.3, -0.25) is 4.79 Å². The first-order chi connectivity index (χ1) is 15.5. The number of hydrogen-bond acceptors (Lipinski definition) is 5. The van der Waals surface area contributed by atoms with Gasteiger partial charge < -0.3 is 19.3 Å². The maximum Gasteiger partial charge on any atom is 0.142 e. The molecule has 0 saturated heterocycles. The monoisotopic (exact) mass is 442 g/mol. The van der Waals surface area contributed by atoms with Crippen molar-refractivity contribution in [1.29, 1.82) is 0 Å². The van der Waals surface area contributed by atoms with Crippen LogP contribution in [0.3, 0.4) is 0 Å². The summed E-state index contributed by atoms with van der Waals surface area (Å²) < 4.78 is 28.1. The molecule has 0 aromatic heterocycles. The van der Waals surface area contributed by atoms with Gasteiger partial charge in [-0.25, -0.2) is 4.39 Å². The lowest BCUT2D eigenvalue weighted by atomic mass is 9.96. The Kier molecular flexibility index (Phi) is 13.2. The second kappa shape index (κ2) is 15.7. The standard InChI is InChI=1S/C15H15FO2.C11H16O3/c1-2-15(5-3-4-11-17)18-12-10-13-6-8-14(16)9-7-13;1-13-8-11(12,9-14-2)10-6-4-3-5-7-10/h2-9,11H,1,10,12H2;3-7,12H,8-9H2,1-2H3/b4-3+,15-5+;. The predicted octanol–water partition coefficient (Wildman–Crippen LogP) is 4.38. The van der Waals surface area contributed by atoms with Crippen molar-refractivity contribution in [3.63, 3.8) is 0 Å². The van der Waals surface area contributed by atoms with E-state index >= 15 is 0 Å². The number of methoxy groups -OCH3 is 2. The molecular formula is C26H31FO5. The van der Waals surface area contributed by atoms with Crippen LogP contribution in [-0.4, -0.2) is 45.4 Å². The highest BCUT2D eigenvalue weighted by Gasteiger charge is 2.28. The molecule has 5 nitrogen and oxygen atoms in total. The molecule has 0 bridgehead atoms. The van der Waals surface area contributed by atoms with Gasteiger partial charge in [0.1, 0.15) is 23.5 Å². The van der Waals surface area contributed by atoms with Crippen LogP contribution in [-0.2, 0) is 31.0 Å². The number of hydrogen-bond donors (Lipinski definition) is 1. The SMILES string of the molecule is C=C/C(=C\C=C\C=O)OCCc1ccc(F)cc1.COCC(O)(COC)c1ccccc1. The normalized spacial score (nSPS) is 11.6. The Morgan fingerprint density at radius 1 is 1.03 bits per heavy atom. The number of aliphatic hydroxyl groups is 1. The Balaban J connectivity index is 0.000000330. The summed E-state index contributed by atoms with van der Waals surface area (Å²) in [5.41, 5.74) is 0.761. The third-order valence-electron chi connectivity index (χ3n) is 4.30. The van der Waals surface area contributed by atoms with E-state index in [9.17, 15) is 14.3 Å². The van der Waals surface area contributed by atoms with E-state index in [0.717, 1.165) is 11.1 Å². The molecule has 0 aliphatic rings. The van der Waals surface area contributed by atoms with Crippen LogP contribution in [0.5, 0.6) is 0 Å². The van der Waals surface area contributed by atoms with Crippen LogP contribution >= 0.6 is 0 Å². The van der Waals surface area contributed by atoms with Crippen molar-refractivity contribution in [1.82, 2.24) is 0 Å². The van der Waals surface area contributed by atoms with Crippen LogP contribution in [0, 0.1) is 5.82 Å². The van der Waals surface area contributed by atoms with Crippen LogP contribution in [0.25, 0.3) is 0 Å². The molecule has 0 fully saturated rings. The Labute approximate surface area is 189 Å². The number of benzene rings is 2. The lowest BCUT2D eigenvalue weighted by Crippen LogP contribution is -2.36. The molecule has 2 rings (SSSR count). The Bertz CT molecular complexity index is 838. The molecular weight excluding hydrogens is 411 g/mol. The molecule has 2 aromatic carbocycles. The first-order valence-electron chi connectivity index (χ1n) is 10.1. The lowest BCUT2D eigenvalue weighted by Gasteiger charge is -2.26. The molecule has 0 spiro atoms. The van der Waals surface area contributed by atoms with Crippen molar-refractivity contribution in [2.75, 3.05) is 34.0 Å². The summed E-state index contributed by atoms with van der Waals surface area (Å²) in [5, 5.41) is 10.2. The second-order valence-corrected chi connectivity index (χ2v) is 6.78. The zero-order valence-corrected chi connectivity index (χ0v) is 18.6. The predicted molar refractivity (Wildman–Crippen MR) is 124 cm³/mol. The van der Waals surface area contributed by atoms with E-state index in [-0.39, 0.29) is 19.0 Å². The van der Waals surface area contributed by atoms with E-state index in [4.69, 9.17) is 14.2 Å². The minimum atomic E-state index is -1.05. The molecule has 1 N–H and O–H groups in total. The number of rotatable bonds is 12. The highest BCUT2D eigenvalue weighted by atomic mass is 19.1. The fraction of sp³-hybridized carbons (Fsp3) is 0.269. The third-order valence-corrected chi connectivity index (χ3v) is 4.30. The maximum absolute atomic E-state index is 12.7. The molecule has 0 heterocycles. The third kappa shape index (κ3) is 10.3. The van der Waals surface area contributed by atoms with E-state index < -0.39 is 5.60 Å². The van der Waals surface area contributed by atoms with Gasteiger partial charge in [0.25, 0.3) is 0 Å².